The zero-order chi connectivity index (χ0) is 24.7. The van der Waals surface area contributed by atoms with Crippen molar-refractivity contribution in [2.75, 3.05) is 5.32 Å². The molecule has 3 aromatic rings. The van der Waals surface area contributed by atoms with Gasteiger partial charge < -0.3 is 16.2 Å². The molecule has 0 aliphatic heterocycles. The molecular weight excluding hydrogens is 469 g/mol. The Kier molecular flexibility index (Phi) is 6.30. The number of hydrogen-bond acceptors (Lipinski definition) is 8. The van der Waals surface area contributed by atoms with Gasteiger partial charge in [0.25, 0.3) is 0 Å². The van der Waals surface area contributed by atoms with Gasteiger partial charge in [-0.15, -0.1) is 11.3 Å². The number of nitrogens with zero attached hydrogens (tertiary/aromatic N) is 4. The molecule has 0 bridgehead atoms. The van der Waals surface area contributed by atoms with Gasteiger partial charge in [0.1, 0.15) is 34.3 Å². The van der Waals surface area contributed by atoms with E-state index in [2.05, 4.69) is 25.3 Å². The standard InChI is InChI=1S/C22H23F3N6O2S/c1-11-5-14(30-18(6-11)31-17-7-16(22(23,24)25)28-10-29-17)15-9-27-20(34-15)21(33)4-3-13(19(26)32)12(2)8-21/h5-7,9-10,12-13,33H,3-4,8H2,1-2H3,(H2,26,32)(H,28,29,30,31)/t12-,13+,21-/m0/s1. The number of alkyl halides is 3. The predicted molar refractivity (Wildman–Crippen MR) is 120 cm³/mol. The smallest absolute Gasteiger partial charge is 0.383 e. The van der Waals surface area contributed by atoms with Crippen molar-refractivity contribution < 1.29 is 23.1 Å². The van der Waals surface area contributed by atoms with E-state index in [0.717, 1.165) is 18.0 Å². The van der Waals surface area contributed by atoms with E-state index in [9.17, 15) is 23.1 Å². The summed E-state index contributed by atoms with van der Waals surface area (Å²) >= 11 is 1.29. The number of pyridine rings is 1. The molecule has 1 amide bonds. The summed E-state index contributed by atoms with van der Waals surface area (Å²) in [7, 11) is 0. The number of nitrogens with two attached hydrogens (primary N) is 1. The summed E-state index contributed by atoms with van der Waals surface area (Å²) in [6.07, 6.45) is -0.902. The van der Waals surface area contributed by atoms with Gasteiger partial charge in [-0.05, 0) is 49.8 Å². The lowest BCUT2D eigenvalue weighted by Crippen LogP contribution is -2.40. The zero-order valence-corrected chi connectivity index (χ0v) is 19.2. The molecule has 0 unspecified atom stereocenters. The van der Waals surface area contributed by atoms with E-state index in [1.807, 2.05) is 19.9 Å². The first kappa shape index (κ1) is 24.0. The third kappa shape index (κ3) is 5.02. The second kappa shape index (κ2) is 8.91. The highest BCUT2D eigenvalue weighted by molar-refractivity contribution is 7.15. The minimum atomic E-state index is -4.59. The van der Waals surface area contributed by atoms with Crippen molar-refractivity contribution in [2.45, 2.75) is 44.9 Å². The summed E-state index contributed by atoms with van der Waals surface area (Å²) in [4.78, 5) is 28.3. The van der Waals surface area contributed by atoms with Gasteiger partial charge in [-0.3, -0.25) is 4.79 Å². The molecule has 3 atom stereocenters. The molecule has 4 N–H and O–H groups in total. The van der Waals surface area contributed by atoms with Gasteiger partial charge in [0.2, 0.25) is 5.91 Å². The van der Waals surface area contributed by atoms with Gasteiger partial charge in [-0.2, -0.15) is 13.2 Å². The van der Waals surface area contributed by atoms with Gasteiger partial charge in [0, 0.05) is 18.2 Å². The van der Waals surface area contributed by atoms with Crippen LogP contribution in [0.1, 0.15) is 42.5 Å². The average Bonchev–Trinajstić information content (AvgIpc) is 3.24. The number of aliphatic hydroxyl groups is 1. The second-order valence-electron chi connectivity index (χ2n) is 8.62. The molecule has 1 saturated carbocycles. The summed E-state index contributed by atoms with van der Waals surface area (Å²) < 4.78 is 38.8. The van der Waals surface area contributed by atoms with E-state index >= 15 is 0 Å². The number of hydrogen-bond donors (Lipinski definition) is 3. The molecule has 0 aromatic carbocycles. The minimum absolute atomic E-state index is 0.0362. The van der Waals surface area contributed by atoms with E-state index in [4.69, 9.17) is 5.73 Å². The first-order valence-corrected chi connectivity index (χ1v) is 11.4. The fourth-order valence-corrected chi connectivity index (χ4v) is 5.25. The number of amides is 1. The monoisotopic (exact) mass is 492 g/mol. The van der Waals surface area contributed by atoms with Crippen LogP contribution in [0.2, 0.25) is 0 Å². The maximum absolute atomic E-state index is 12.9. The van der Waals surface area contributed by atoms with E-state index in [1.54, 1.807) is 12.3 Å². The van der Waals surface area contributed by atoms with Crippen LogP contribution in [-0.4, -0.2) is 30.9 Å². The molecule has 1 fully saturated rings. The highest BCUT2D eigenvalue weighted by Crippen LogP contribution is 2.45. The van der Waals surface area contributed by atoms with Crippen molar-refractivity contribution in [2.24, 2.45) is 17.6 Å². The van der Waals surface area contributed by atoms with Crippen molar-refractivity contribution in [3.05, 3.63) is 47.0 Å². The van der Waals surface area contributed by atoms with E-state index < -0.39 is 17.5 Å². The van der Waals surface area contributed by atoms with Crippen LogP contribution < -0.4 is 11.1 Å². The van der Waals surface area contributed by atoms with Gasteiger partial charge in [0.15, 0.2) is 0 Å². The highest BCUT2D eigenvalue weighted by atomic mass is 32.1. The second-order valence-corrected chi connectivity index (χ2v) is 9.65. The molecule has 8 nitrogen and oxygen atoms in total. The summed E-state index contributed by atoms with van der Waals surface area (Å²) in [6.45, 7) is 3.73. The lowest BCUT2D eigenvalue weighted by Gasteiger charge is -2.37. The van der Waals surface area contributed by atoms with Gasteiger partial charge >= 0.3 is 6.18 Å². The molecule has 34 heavy (non-hydrogen) atoms. The summed E-state index contributed by atoms with van der Waals surface area (Å²) in [5.74, 6) is -0.432. The lowest BCUT2D eigenvalue weighted by atomic mass is 9.72. The number of thiazole rings is 1. The molecule has 4 rings (SSSR count). The Labute approximate surface area is 197 Å². The summed E-state index contributed by atoms with van der Waals surface area (Å²) in [6, 6.07) is 4.31. The normalized spacial score (nSPS) is 23.0. The first-order valence-electron chi connectivity index (χ1n) is 10.6. The Morgan fingerprint density at radius 1 is 1.24 bits per heavy atom. The number of aryl methyl sites for hydroxylation is 1. The Morgan fingerprint density at radius 2 is 2.00 bits per heavy atom. The van der Waals surface area contributed by atoms with Crippen molar-refractivity contribution in [1.29, 1.82) is 0 Å². The average molecular weight is 493 g/mol. The quantitative estimate of drug-likeness (QED) is 0.488. The van der Waals surface area contributed by atoms with Crippen molar-refractivity contribution in [1.82, 2.24) is 19.9 Å². The topological polar surface area (TPSA) is 127 Å². The molecular formula is C22H23F3N6O2S. The molecule has 3 heterocycles. The third-order valence-corrected chi connectivity index (χ3v) is 7.13. The lowest BCUT2D eigenvalue weighted by molar-refractivity contribution is -0.141. The molecule has 1 aliphatic carbocycles. The number of carbonyl (C=O) groups excluding carboxylic acids is 1. The van der Waals surface area contributed by atoms with Gasteiger partial charge in [-0.1, -0.05) is 6.92 Å². The minimum Gasteiger partial charge on any atom is -0.383 e. The predicted octanol–water partition coefficient (Wildman–Crippen LogP) is 4.18. The third-order valence-electron chi connectivity index (χ3n) is 5.92. The van der Waals surface area contributed by atoms with E-state index in [1.165, 1.54) is 11.3 Å². The van der Waals surface area contributed by atoms with Gasteiger partial charge in [-0.25, -0.2) is 19.9 Å². The van der Waals surface area contributed by atoms with Crippen LogP contribution >= 0.6 is 11.3 Å². The van der Waals surface area contributed by atoms with Crippen molar-refractivity contribution in [3.8, 4) is 10.6 Å². The molecule has 1 aliphatic rings. The van der Waals surface area contributed by atoms with Crippen LogP contribution in [0.5, 0.6) is 0 Å². The maximum atomic E-state index is 12.9. The summed E-state index contributed by atoms with van der Waals surface area (Å²) in [5, 5.41) is 14.5. The fourth-order valence-electron chi connectivity index (χ4n) is 4.25. The molecule has 12 heteroatoms. The van der Waals surface area contributed by atoms with Crippen LogP contribution in [0, 0.1) is 18.8 Å². The zero-order valence-electron chi connectivity index (χ0n) is 18.4. The largest absolute Gasteiger partial charge is 0.433 e. The van der Waals surface area contributed by atoms with Crippen LogP contribution in [0.15, 0.2) is 30.7 Å². The highest BCUT2D eigenvalue weighted by Gasteiger charge is 2.42. The Morgan fingerprint density at radius 3 is 2.68 bits per heavy atom. The Hall–Kier alpha value is -3.12. The number of carbonyl (C=O) groups is 1. The van der Waals surface area contributed by atoms with Crippen molar-refractivity contribution >= 4 is 28.9 Å². The number of rotatable bonds is 5. The van der Waals surface area contributed by atoms with Crippen molar-refractivity contribution in [3.63, 3.8) is 0 Å². The number of primary amides is 1. The van der Waals surface area contributed by atoms with E-state index in [-0.39, 0.29) is 23.6 Å². The van der Waals surface area contributed by atoms with Crippen LogP contribution in [0.3, 0.4) is 0 Å². The van der Waals surface area contributed by atoms with Crippen LogP contribution in [0.4, 0.5) is 24.8 Å². The summed E-state index contributed by atoms with van der Waals surface area (Å²) in [5.41, 5.74) is 4.63. The van der Waals surface area contributed by atoms with Crippen LogP contribution in [0.25, 0.3) is 10.6 Å². The van der Waals surface area contributed by atoms with E-state index in [0.29, 0.717) is 40.7 Å². The number of nitrogens with one attached hydrogen (secondary N) is 1. The first-order chi connectivity index (χ1) is 15.9. The van der Waals surface area contributed by atoms with Crippen LogP contribution in [-0.2, 0) is 16.6 Å². The molecule has 3 aromatic heterocycles. The molecule has 0 spiro atoms. The number of aromatic nitrogens is 4. The SMILES string of the molecule is Cc1cc(Nc2cc(C(F)(F)F)ncn2)nc(-c2cnc([C@]3(O)CC[C@@H](C(N)=O)[C@@H](C)C3)s2)c1. The maximum Gasteiger partial charge on any atom is 0.433 e. The fraction of sp³-hybridized carbons (Fsp3) is 0.409. The Balaban J connectivity index is 1.57. The number of anilines is 2. The molecule has 180 valence electrons. The Bertz CT molecular complexity index is 1220. The van der Waals surface area contributed by atoms with Gasteiger partial charge in [0.05, 0.1) is 10.6 Å². The number of halogens is 3. The molecule has 0 radical (unpaired) electrons. The molecule has 0 saturated heterocycles.